The topological polar surface area (TPSA) is 273 Å². The predicted octanol–water partition coefficient (Wildman–Crippen LogP) is 12.7. The van der Waals surface area contributed by atoms with Crippen LogP contribution < -0.4 is 33.8 Å². The molecule has 0 radical (unpaired) electrons. The molecule has 14 rings (SSSR count). The van der Waals surface area contributed by atoms with E-state index in [1.807, 2.05) is 89.3 Å². The third kappa shape index (κ3) is 19.0. The number of fused-ring (bicyclic) bond motifs is 2. The molecule has 24 nitrogen and oxygen atoms in total. The molecule has 32 heteroatoms. The molecule has 0 bridgehead atoms. The number of benzene rings is 6. The number of amides is 2. The van der Waals surface area contributed by atoms with Gasteiger partial charge in [0.1, 0.15) is 35.3 Å². The van der Waals surface area contributed by atoms with E-state index in [9.17, 15) is 34.8 Å². The number of aromatic nitrogens is 6. The molecule has 3 saturated heterocycles. The summed E-state index contributed by atoms with van der Waals surface area (Å²) in [5, 5.41) is 4.87. The first-order valence-electron chi connectivity index (χ1n) is 33.3. The number of anilines is 7. The van der Waals surface area contributed by atoms with Gasteiger partial charge in [0.2, 0.25) is 11.8 Å². The number of rotatable bonds is 19. The summed E-state index contributed by atoms with van der Waals surface area (Å²) < 4.78 is 84.1. The van der Waals surface area contributed by atoms with E-state index in [0.29, 0.717) is 60.4 Å². The molecule has 0 unspecified atom stereocenters. The van der Waals surface area contributed by atoms with Crippen molar-refractivity contribution >= 4 is 149 Å². The van der Waals surface area contributed by atoms with Crippen LogP contribution in [0.3, 0.4) is 0 Å². The summed E-state index contributed by atoms with van der Waals surface area (Å²) in [5.41, 5.74) is 7.22. The van der Waals surface area contributed by atoms with Gasteiger partial charge in [-0.1, -0.05) is 59.1 Å². The van der Waals surface area contributed by atoms with E-state index in [1.54, 1.807) is 83.6 Å². The fourth-order valence-corrected chi connectivity index (χ4v) is 17.9. The zero-order valence-electron chi connectivity index (χ0n) is 56.3. The van der Waals surface area contributed by atoms with Crippen molar-refractivity contribution in [2.45, 2.75) is 65.8 Å². The average molecular weight is 1560 g/mol. The lowest BCUT2D eigenvalue weighted by atomic mass is 9.89. The number of piperidine rings is 1. The summed E-state index contributed by atoms with van der Waals surface area (Å²) in [6.45, 7) is 11.4. The second-order valence-electron chi connectivity index (χ2n) is 24.9. The monoisotopic (exact) mass is 1550 g/mol. The van der Waals surface area contributed by atoms with E-state index >= 15 is 0 Å². The first-order valence-corrected chi connectivity index (χ1v) is 40.5. The minimum Gasteiger partial charge on any atom is -0.369 e. The number of hydrogen-bond donors (Lipinski definition) is 3. The third-order valence-corrected chi connectivity index (χ3v) is 25.1. The van der Waals surface area contributed by atoms with Crippen LogP contribution in [0.5, 0.6) is 0 Å². The highest BCUT2D eigenvalue weighted by Crippen LogP contribution is 2.35. The van der Waals surface area contributed by atoms with Crippen molar-refractivity contribution in [1.29, 1.82) is 0 Å². The van der Waals surface area contributed by atoms with Gasteiger partial charge < -0.3 is 29.4 Å². The van der Waals surface area contributed by atoms with Gasteiger partial charge in [0, 0.05) is 136 Å². The quantitative estimate of drug-likeness (QED) is 0.0678. The van der Waals surface area contributed by atoms with Crippen molar-refractivity contribution in [2.24, 2.45) is 0 Å². The summed E-state index contributed by atoms with van der Waals surface area (Å²) in [6, 6.07) is 42.9. The van der Waals surface area contributed by atoms with Crippen LogP contribution >= 0.6 is 57.5 Å². The summed E-state index contributed by atoms with van der Waals surface area (Å²) >= 11 is 21.2. The SMILES string of the molecule is CN(CC(=O)N1CCN(c2ccc(S(=O)(=O)Nc3ccncn3)cc2)CC1)c1ccc(Cl)c(Cl)c1.C[C@H](C(=O)N1CCC(c2ccc(S(=O)(=O)Nc3nccs3)cc2)CC1)N1CCCc2cc(Cl)ccc21.O=S(=O)(Nc1ccncn1)c1ccc(N2CCN(Cc3nc4ccccc4s3)CC2)cc1.[HH].[HH].[HH].[HH]. The second kappa shape index (κ2) is 33.3. The number of likely N-dealkylation sites (tertiary alicyclic amines) is 1. The highest BCUT2D eigenvalue weighted by atomic mass is 35.5. The lowest BCUT2D eigenvalue weighted by Crippen LogP contribution is -2.51. The van der Waals surface area contributed by atoms with Crippen LogP contribution in [0.4, 0.5) is 39.5 Å². The molecule has 546 valence electrons. The lowest BCUT2D eigenvalue weighted by molar-refractivity contribution is -0.133. The largest absolute Gasteiger partial charge is 0.369 e. The molecule has 1 atom stereocenters. The van der Waals surface area contributed by atoms with Crippen LogP contribution in [0.2, 0.25) is 15.1 Å². The van der Waals surface area contributed by atoms with Crippen LogP contribution in [0, 0.1) is 0 Å². The van der Waals surface area contributed by atoms with Crippen LogP contribution in [0.15, 0.2) is 197 Å². The van der Waals surface area contributed by atoms with Crippen LogP contribution in [-0.4, -0.2) is 173 Å². The number of carbonyl (C=O) groups is 2. The molecule has 4 aliphatic rings. The highest BCUT2D eigenvalue weighted by molar-refractivity contribution is 7.93. The molecule has 4 aliphatic heterocycles. The number of likely N-dealkylation sites (N-methyl/N-ethyl adjacent to an activating group) is 1. The molecule has 6 aromatic carbocycles. The van der Waals surface area contributed by atoms with Crippen molar-refractivity contribution < 1.29 is 40.5 Å². The van der Waals surface area contributed by atoms with Crippen molar-refractivity contribution in [2.75, 3.05) is 119 Å². The molecule has 8 heterocycles. The van der Waals surface area contributed by atoms with Crippen molar-refractivity contribution in [1.82, 2.24) is 44.6 Å². The van der Waals surface area contributed by atoms with Gasteiger partial charge in [-0.15, -0.1) is 22.7 Å². The summed E-state index contributed by atoms with van der Waals surface area (Å²) in [6.07, 6.45) is 10.8. The number of para-hydroxylation sites is 1. The number of halogens is 3. The van der Waals surface area contributed by atoms with Gasteiger partial charge in [-0.05, 0) is 171 Å². The maximum atomic E-state index is 13.4. The van der Waals surface area contributed by atoms with Gasteiger partial charge in [-0.25, -0.2) is 55.2 Å². The van der Waals surface area contributed by atoms with Crippen LogP contribution in [0.25, 0.3) is 10.2 Å². The Morgan fingerprint density at radius 3 is 1.76 bits per heavy atom. The van der Waals surface area contributed by atoms with Gasteiger partial charge in [0.25, 0.3) is 30.1 Å². The van der Waals surface area contributed by atoms with Gasteiger partial charge in [0.15, 0.2) is 5.13 Å². The molecule has 3 N–H and O–H groups in total. The molecule has 0 spiro atoms. The molecule has 10 aromatic rings. The number of hydrogen-bond acceptors (Lipinski definition) is 21. The summed E-state index contributed by atoms with van der Waals surface area (Å²) in [5.74, 6) is 0.926. The Bertz CT molecular complexity index is 4880. The molecular weight excluding hydrogens is 1470 g/mol. The minimum atomic E-state index is -3.75. The molecule has 0 aliphatic carbocycles. The number of aryl methyl sites for hydroxylation is 1. The second-order valence-corrected chi connectivity index (χ2v) is 33.2. The normalized spacial score (nSPS) is 15.6. The zero-order valence-corrected chi connectivity index (χ0v) is 62.6. The molecule has 0 saturated carbocycles. The Kier molecular flexibility index (Phi) is 23.9. The number of piperazine rings is 2. The van der Waals surface area contributed by atoms with E-state index < -0.39 is 30.1 Å². The molecule has 103 heavy (non-hydrogen) atoms. The van der Waals surface area contributed by atoms with Crippen LogP contribution in [-0.2, 0) is 52.6 Å². The number of sulfonamides is 3. The van der Waals surface area contributed by atoms with Gasteiger partial charge >= 0.3 is 0 Å². The van der Waals surface area contributed by atoms with E-state index in [1.165, 1.54) is 58.8 Å². The number of nitrogens with one attached hydrogen (secondary N) is 3. The zero-order chi connectivity index (χ0) is 72.3. The first-order chi connectivity index (χ1) is 49.6. The Balaban J connectivity index is 0.000000199. The molecule has 3 fully saturated rings. The maximum Gasteiger partial charge on any atom is 0.263 e. The summed E-state index contributed by atoms with van der Waals surface area (Å²) in [7, 11) is -9.27. The number of carbonyl (C=O) groups excluding carboxylic acids is 2. The van der Waals surface area contributed by atoms with Crippen molar-refractivity contribution in [3.05, 3.63) is 213 Å². The van der Waals surface area contributed by atoms with Crippen LogP contribution in [0.1, 0.15) is 53.9 Å². The van der Waals surface area contributed by atoms with Gasteiger partial charge in [-0.2, -0.15) is 0 Å². The predicted molar refractivity (Wildman–Crippen MR) is 417 cm³/mol. The van der Waals surface area contributed by atoms with Gasteiger partial charge in [-0.3, -0.25) is 28.7 Å². The number of nitrogens with zero attached hydrogens (tertiary/aromatic N) is 13. The molecular formula is C71H83Cl3N16O8S5. The third-order valence-electron chi connectivity index (χ3n) is 18.2. The summed E-state index contributed by atoms with van der Waals surface area (Å²) in [4.78, 5) is 65.5. The first kappa shape index (κ1) is 74.0. The van der Waals surface area contributed by atoms with Crippen molar-refractivity contribution in [3.63, 3.8) is 0 Å². The highest BCUT2D eigenvalue weighted by Gasteiger charge is 2.33. The van der Waals surface area contributed by atoms with E-state index in [0.717, 1.165) is 109 Å². The molecule has 4 aromatic heterocycles. The Morgan fingerprint density at radius 2 is 1.19 bits per heavy atom. The Morgan fingerprint density at radius 1 is 0.612 bits per heavy atom. The fourth-order valence-electron chi connectivity index (χ4n) is 12.6. The standard InChI is InChI=1S/C26H29ClN4O3S2.C23H24Cl2N6O3S.C22H22N6O2S2.4H2/c1-18(31-13-2-3-21-17-22(27)6-9-24(21)31)25(32)30-14-10-20(11-15-30)19-4-7-23(8-5-19)36(33,34)29-26-28-12-16-35-26;1-29(18-4-7-20(24)21(25)14-18)15-23(32)31-12-10-30(11-13-31)17-2-5-19(6-3-17)35(33,34)28-22-8-9-26-16-27-22;29-32(30,26-21-9-10-23-16-24-21)18-7-5-17(6-8-18)28-13-11-27(12-14-28)15-22-25-19-3-1-2-4-20(19)31-22;;;;/h4-9,12,16-18,20H,2-3,10-11,13-15H2,1H3,(H,28,29);2-9,14,16H,10-13,15H2,1H3,(H,26,27,28);1-10,16H,11-15H2,(H,23,24,26);4*1H/t18-;;;;;;/m1....../s1. The maximum absolute atomic E-state index is 13.4. The number of thiazole rings is 2. The van der Waals surface area contributed by atoms with E-state index in [4.69, 9.17) is 39.8 Å². The van der Waals surface area contributed by atoms with Gasteiger partial charge in [0.05, 0.1) is 48.0 Å². The van der Waals surface area contributed by atoms with E-state index in [2.05, 4.69) is 70.8 Å². The fraction of sp³-hybridized carbons (Fsp3) is 0.296. The van der Waals surface area contributed by atoms with Crippen molar-refractivity contribution in [3.8, 4) is 0 Å². The lowest BCUT2D eigenvalue weighted by Gasteiger charge is -2.40. The minimum absolute atomic E-state index is 0. The Hall–Kier alpha value is -8.78. The average Bonchev–Trinajstić information content (AvgIpc) is 1.39. The Labute approximate surface area is 628 Å². The van der Waals surface area contributed by atoms with E-state index in [-0.39, 0.29) is 56.4 Å². The smallest absolute Gasteiger partial charge is 0.263 e. The molecule has 2 amide bonds.